The molecular weight excluding hydrogens is 212 g/mol. The van der Waals surface area contributed by atoms with Crippen molar-refractivity contribution in [3.63, 3.8) is 0 Å². The number of ketones is 1. The highest BCUT2D eigenvalue weighted by atomic mass is 19.2. The van der Waals surface area contributed by atoms with Gasteiger partial charge in [0.1, 0.15) is 0 Å². The van der Waals surface area contributed by atoms with E-state index in [1.54, 1.807) is 0 Å². The molecule has 0 unspecified atom stereocenters. The summed E-state index contributed by atoms with van der Waals surface area (Å²) >= 11 is 0. The molecule has 0 spiro atoms. The number of hydrogen-bond donors (Lipinski definition) is 0. The molecule has 0 atom stereocenters. The molecule has 5 heteroatoms. The molecule has 0 N–H and O–H groups in total. The van der Waals surface area contributed by atoms with E-state index >= 15 is 0 Å². The van der Waals surface area contributed by atoms with E-state index in [0.29, 0.717) is 0 Å². The molecule has 0 radical (unpaired) electrons. The van der Waals surface area contributed by atoms with Gasteiger partial charge in [-0.15, -0.1) is 0 Å². The lowest BCUT2D eigenvalue weighted by Gasteiger charge is -2.01. The molecule has 1 aromatic carbocycles. The number of carbonyl (C=O) groups is 1. The van der Waals surface area contributed by atoms with Gasteiger partial charge in [-0.2, -0.15) is 0 Å². The van der Waals surface area contributed by atoms with Crippen molar-refractivity contribution >= 4 is 5.78 Å². The monoisotopic (exact) mass is 216 g/mol. The van der Waals surface area contributed by atoms with Gasteiger partial charge in [0.05, 0.1) is 5.56 Å². The third kappa shape index (κ3) is 1.99. The highest BCUT2D eigenvalue weighted by molar-refractivity contribution is 6.09. The van der Waals surface area contributed by atoms with Gasteiger partial charge in [0.15, 0.2) is 23.3 Å². The van der Waals surface area contributed by atoms with Gasteiger partial charge in [-0.25, -0.2) is 17.6 Å². The van der Waals surface area contributed by atoms with Crippen LogP contribution in [0.1, 0.15) is 17.3 Å². The highest BCUT2D eigenvalue weighted by Crippen LogP contribution is 2.18. The van der Waals surface area contributed by atoms with Crippen LogP contribution in [0.25, 0.3) is 0 Å². The van der Waals surface area contributed by atoms with Crippen LogP contribution in [0, 0.1) is 35.1 Å². The van der Waals surface area contributed by atoms with Crippen LogP contribution in [0.4, 0.5) is 17.6 Å². The predicted octanol–water partition coefficient (Wildman–Crippen LogP) is 2.45. The fourth-order valence-electron chi connectivity index (χ4n) is 0.919. The summed E-state index contributed by atoms with van der Waals surface area (Å²) in [5.74, 6) is -4.40. The average molecular weight is 216 g/mol. The number of hydrogen-bond acceptors (Lipinski definition) is 1. The zero-order chi connectivity index (χ0) is 11.6. The van der Waals surface area contributed by atoms with Crippen LogP contribution in [0.5, 0.6) is 0 Å². The van der Waals surface area contributed by atoms with Gasteiger partial charge in [0.25, 0.3) is 0 Å². The minimum atomic E-state index is -2.02. The lowest BCUT2D eigenvalue weighted by Crippen LogP contribution is -2.06. The molecule has 0 aromatic heterocycles. The molecule has 78 valence electrons. The van der Waals surface area contributed by atoms with Crippen LogP contribution >= 0.6 is 0 Å². The zero-order valence-corrected chi connectivity index (χ0v) is 7.50. The van der Waals surface area contributed by atoms with Gasteiger partial charge >= 0.3 is 0 Å². The molecule has 0 saturated heterocycles. The Hall–Kier alpha value is -1.83. The molecule has 1 nitrogen and oxygen atoms in total. The third-order valence-corrected chi connectivity index (χ3v) is 1.59. The molecule has 0 saturated carbocycles. The van der Waals surface area contributed by atoms with Crippen LogP contribution in [0.15, 0.2) is 6.07 Å². The van der Waals surface area contributed by atoms with Gasteiger partial charge in [-0.3, -0.25) is 4.79 Å². The predicted molar refractivity (Wildman–Crippen MR) is 44.1 cm³/mol. The lowest BCUT2D eigenvalue weighted by molar-refractivity contribution is 0.105. The maximum Gasteiger partial charge on any atom is 0.239 e. The summed E-state index contributed by atoms with van der Waals surface area (Å²) < 4.78 is 50.7. The summed E-state index contributed by atoms with van der Waals surface area (Å²) in [7, 11) is 0. The Labute approximate surface area is 82.7 Å². The highest BCUT2D eigenvalue weighted by Gasteiger charge is 2.21. The molecule has 1 aromatic rings. The second-order valence-corrected chi connectivity index (χ2v) is 2.55. The van der Waals surface area contributed by atoms with Gasteiger partial charge < -0.3 is 0 Å². The fraction of sp³-hybridized carbons (Fsp3) is 0.100. The first-order chi connectivity index (χ1) is 6.99. The Kier molecular flexibility index (Phi) is 3.10. The molecular formula is C10H4F4O. The number of halogens is 4. The maximum atomic E-state index is 12.9. The van der Waals surface area contributed by atoms with Gasteiger partial charge in [0.2, 0.25) is 5.78 Å². The van der Waals surface area contributed by atoms with Crippen LogP contribution in [-0.4, -0.2) is 5.78 Å². The van der Waals surface area contributed by atoms with Gasteiger partial charge in [0, 0.05) is 0 Å². The Bertz CT molecular complexity index is 482. The summed E-state index contributed by atoms with van der Waals surface area (Å²) in [4.78, 5) is 11.0. The van der Waals surface area contributed by atoms with Crippen molar-refractivity contribution in [3.05, 3.63) is 34.9 Å². The molecule has 15 heavy (non-hydrogen) atoms. The van der Waals surface area contributed by atoms with E-state index < -0.39 is 34.6 Å². The van der Waals surface area contributed by atoms with Crippen molar-refractivity contribution in [2.75, 3.05) is 0 Å². The summed E-state index contributed by atoms with van der Waals surface area (Å²) in [6, 6.07) is 0.278. The van der Waals surface area contributed by atoms with Crippen molar-refractivity contribution in [2.45, 2.75) is 6.92 Å². The Balaban J connectivity index is 3.43. The first-order valence-corrected chi connectivity index (χ1v) is 3.79. The first kappa shape index (κ1) is 11.2. The first-order valence-electron chi connectivity index (χ1n) is 3.79. The molecule has 0 bridgehead atoms. The zero-order valence-electron chi connectivity index (χ0n) is 7.50. The van der Waals surface area contributed by atoms with E-state index in [9.17, 15) is 22.4 Å². The summed E-state index contributed by atoms with van der Waals surface area (Å²) in [6.07, 6.45) is 0. The third-order valence-electron chi connectivity index (χ3n) is 1.59. The van der Waals surface area contributed by atoms with Gasteiger partial charge in [-0.05, 0) is 18.9 Å². The number of rotatable bonds is 1. The Morgan fingerprint density at radius 3 is 2.27 bits per heavy atom. The number of Topliss-reactive ketones (excluding diaryl/α,β-unsaturated/α-hetero) is 1. The van der Waals surface area contributed by atoms with Gasteiger partial charge in [-0.1, -0.05) is 5.92 Å². The summed E-state index contributed by atoms with van der Waals surface area (Å²) in [6.45, 7) is 1.30. The number of carbonyl (C=O) groups excluding carboxylic acids is 1. The van der Waals surface area contributed by atoms with E-state index in [4.69, 9.17) is 0 Å². The van der Waals surface area contributed by atoms with Crippen LogP contribution in [0.3, 0.4) is 0 Å². The topological polar surface area (TPSA) is 17.1 Å². The van der Waals surface area contributed by atoms with Crippen molar-refractivity contribution in [3.8, 4) is 11.8 Å². The van der Waals surface area contributed by atoms with Crippen molar-refractivity contribution in [2.24, 2.45) is 0 Å². The van der Waals surface area contributed by atoms with Crippen LogP contribution in [0.2, 0.25) is 0 Å². The molecule has 0 aliphatic carbocycles. The molecule has 0 aliphatic rings. The van der Waals surface area contributed by atoms with E-state index in [2.05, 4.69) is 5.92 Å². The van der Waals surface area contributed by atoms with Crippen molar-refractivity contribution in [1.82, 2.24) is 0 Å². The van der Waals surface area contributed by atoms with Crippen LogP contribution in [-0.2, 0) is 0 Å². The lowest BCUT2D eigenvalue weighted by atomic mass is 10.1. The molecule has 1 rings (SSSR count). The van der Waals surface area contributed by atoms with E-state index in [0.717, 1.165) is 0 Å². The minimum Gasteiger partial charge on any atom is -0.279 e. The fourth-order valence-corrected chi connectivity index (χ4v) is 0.919. The van der Waals surface area contributed by atoms with Crippen LogP contribution < -0.4 is 0 Å². The minimum absolute atomic E-state index is 0.278. The standard InChI is InChI=1S/C10H4F4O/c1-2-3-7(15)5-4-6(11)9(13)10(14)8(5)12/h4H,1H3. The normalized spacial score (nSPS) is 9.40. The van der Waals surface area contributed by atoms with Crippen molar-refractivity contribution in [1.29, 1.82) is 0 Å². The largest absolute Gasteiger partial charge is 0.279 e. The molecule has 0 fully saturated rings. The van der Waals surface area contributed by atoms with Crippen molar-refractivity contribution < 1.29 is 22.4 Å². The van der Waals surface area contributed by atoms with E-state index in [-0.39, 0.29) is 6.07 Å². The molecule has 0 heterocycles. The summed E-state index contributed by atoms with van der Waals surface area (Å²) in [5, 5.41) is 0. The van der Waals surface area contributed by atoms with E-state index in [1.807, 2.05) is 5.92 Å². The number of benzene rings is 1. The second-order valence-electron chi connectivity index (χ2n) is 2.55. The Morgan fingerprint density at radius 1 is 1.13 bits per heavy atom. The van der Waals surface area contributed by atoms with E-state index in [1.165, 1.54) is 6.92 Å². The average Bonchev–Trinajstić information content (AvgIpc) is 2.20. The Morgan fingerprint density at radius 2 is 1.73 bits per heavy atom. The smallest absolute Gasteiger partial charge is 0.239 e. The molecule has 0 amide bonds. The maximum absolute atomic E-state index is 12.9. The SMILES string of the molecule is CC#CC(=O)c1cc(F)c(F)c(F)c1F. The quantitative estimate of drug-likeness (QED) is 0.176. The summed E-state index contributed by atoms with van der Waals surface area (Å²) in [5.41, 5.74) is -0.916. The molecule has 0 aliphatic heterocycles. The second kappa shape index (κ2) is 4.13.